The van der Waals surface area contributed by atoms with Gasteiger partial charge < -0.3 is 15.0 Å². The fraction of sp³-hybridized carbons (Fsp3) is 0.391. The van der Waals surface area contributed by atoms with Crippen molar-refractivity contribution >= 4 is 39.1 Å². The predicted octanol–water partition coefficient (Wildman–Crippen LogP) is 3.06. The van der Waals surface area contributed by atoms with Gasteiger partial charge in [0.05, 0.1) is 19.1 Å². The molecule has 180 valence electrons. The second-order valence-corrected chi connectivity index (χ2v) is 9.78. The van der Waals surface area contributed by atoms with E-state index in [1.807, 2.05) is 0 Å². The van der Waals surface area contributed by atoms with Crippen molar-refractivity contribution in [2.45, 2.75) is 32.9 Å². The Hall–Kier alpha value is -2.78. The van der Waals surface area contributed by atoms with Crippen molar-refractivity contribution in [2.75, 3.05) is 30.8 Å². The molecule has 0 saturated carbocycles. The number of methoxy groups -OCH3 is 1. The molecule has 0 aromatic heterocycles. The van der Waals surface area contributed by atoms with E-state index in [9.17, 15) is 18.0 Å². The standard InChI is InChI=1S/C23H30ClN3O5S/c1-5-21(23(29)25-6-2)26(15-17-10-12-20(32-3)13-11-17)22(28)16-27(33(4,30)31)19-9-7-8-18(24)14-19/h7-14,21H,5-6,15-16H2,1-4H3,(H,25,29)/t21-/m1/s1. The molecule has 0 unspecified atom stereocenters. The van der Waals surface area contributed by atoms with Gasteiger partial charge in [0.2, 0.25) is 21.8 Å². The summed E-state index contributed by atoms with van der Waals surface area (Å²) < 4.78 is 31.2. The summed E-state index contributed by atoms with van der Waals surface area (Å²) in [5.74, 6) is -0.138. The number of anilines is 1. The lowest BCUT2D eigenvalue weighted by atomic mass is 10.1. The molecule has 0 aliphatic rings. The molecule has 0 radical (unpaired) electrons. The van der Waals surface area contributed by atoms with Crippen LogP contribution in [0.25, 0.3) is 0 Å². The summed E-state index contributed by atoms with van der Waals surface area (Å²) in [6.45, 7) is 3.68. The molecule has 2 aromatic carbocycles. The summed E-state index contributed by atoms with van der Waals surface area (Å²) in [6, 6.07) is 12.6. The molecule has 2 aromatic rings. The molecule has 33 heavy (non-hydrogen) atoms. The number of likely N-dealkylation sites (N-methyl/N-ethyl adjacent to an activating group) is 1. The van der Waals surface area contributed by atoms with Crippen LogP contribution in [-0.4, -0.2) is 57.6 Å². The quantitative estimate of drug-likeness (QED) is 0.517. The predicted molar refractivity (Wildman–Crippen MR) is 130 cm³/mol. The third-order valence-corrected chi connectivity index (χ3v) is 6.40. The number of carbonyl (C=O) groups excluding carboxylic acids is 2. The molecule has 0 spiro atoms. The normalized spacial score (nSPS) is 12.0. The highest BCUT2D eigenvalue weighted by Gasteiger charge is 2.31. The third kappa shape index (κ3) is 7.36. The van der Waals surface area contributed by atoms with Crippen LogP contribution in [0.15, 0.2) is 48.5 Å². The molecule has 1 N–H and O–H groups in total. The summed E-state index contributed by atoms with van der Waals surface area (Å²) in [7, 11) is -2.24. The fourth-order valence-electron chi connectivity index (χ4n) is 3.38. The number of nitrogens with one attached hydrogen (secondary N) is 1. The lowest BCUT2D eigenvalue weighted by Gasteiger charge is -2.32. The molecule has 10 heteroatoms. The molecule has 2 amide bonds. The Morgan fingerprint density at radius 2 is 1.79 bits per heavy atom. The maximum absolute atomic E-state index is 13.5. The Balaban J connectivity index is 2.42. The van der Waals surface area contributed by atoms with Gasteiger partial charge in [-0.1, -0.05) is 36.7 Å². The highest BCUT2D eigenvalue weighted by Crippen LogP contribution is 2.23. The molecule has 8 nitrogen and oxygen atoms in total. The Morgan fingerprint density at radius 1 is 1.12 bits per heavy atom. The van der Waals surface area contributed by atoms with Crippen molar-refractivity contribution in [1.82, 2.24) is 10.2 Å². The monoisotopic (exact) mass is 495 g/mol. The highest BCUT2D eigenvalue weighted by atomic mass is 35.5. The zero-order valence-electron chi connectivity index (χ0n) is 19.2. The number of sulfonamides is 1. The van der Waals surface area contributed by atoms with Crippen LogP contribution in [0.2, 0.25) is 5.02 Å². The van der Waals surface area contributed by atoms with Crippen LogP contribution in [0.1, 0.15) is 25.8 Å². The third-order valence-electron chi connectivity index (χ3n) is 5.02. The Kier molecular flexibility index (Phi) is 9.55. The minimum atomic E-state index is -3.80. The minimum absolute atomic E-state index is 0.131. The zero-order valence-corrected chi connectivity index (χ0v) is 20.8. The van der Waals surface area contributed by atoms with Crippen molar-refractivity contribution in [3.8, 4) is 5.75 Å². The first-order valence-electron chi connectivity index (χ1n) is 10.5. The van der Waals surface area contributed by atoms with Gasteiger partial charge in [0.25, 0.3) is 0 Å². The number of benzene rings is 2. The van der Waals surface area contributed by atoms with Crippen LogP contribution in [0.4, 0.5) is 5.69 Å². The molecular formula is C23H30ClN3O5S. The van der Waals surface area contributed by atoms with E-state index in [2.05, 4.69) is 5.32 Å². The van der Waals surface area contributed by atoms with Gasteiger partial charge in [0.1, 0.15) is 18.3 Å². The van der Waals surface area contributed by atoms with Gasteiger partial charge in [-0.2, -0.15) is 0 Å². The molecule has 1 atom stereocenters. The SMILES string of the molecule is CCNC(=O)[C@@H](CC)N(Cc1ccc(OC)cc1)C(=O)CN(c1cccc(Cl)c1)S(C)(=O)=O. The first-order chi connectivity index (χ1) is 15.6. The van der Waals surface area contributed by atoms with Crippen LogP contribution in [0.5, 0.6) is 5.75 Å². The summed E-state index contributed by atoms with van der Waals surface area (Å²) in [6.07, 6.45) is 1.39. The number of ether oxygens (including phenoxy) is 1. The first kappa shape index (κ1) is 26.5. The average molecular weight is 496 g/mol. The van der Waals surface area contributed by atoms with E-state index in [1.165, 1.54) is 11.0 Å². The minimum Gasteiger partial charge on any atom is -0.497 e. The molecule has 0 bridgehead atoms. The van der Waals surface area contributed by atoms with Crippen LogP contribution < -0.4 is 14.4 Å². The van der Waals surface area contributed by atoms with Gasteiger partial charge in [-0.15, -0.1) is 0 Å². The second-order valence-electron chi connectivity index (χ2n) is 7.44. The van der Waals surface area contributed by atoms with Crippen molar-refractivity contribution in [2.24, 2.45) is 0 Å². The van der Waals surface area contributed by atoms with E-state index in [-0.39, 0.29) is 18.1 Å². The molecule has 2 rings (SSSR count). The van der Waals surface area contributed by atoms with E-state index in [4.69, 9.17) is 16.3 Å². The largest absolute Gasteiger partial charge is 0.497 e. The van der Waals surface area contributed by atoms with Crippen molar-refractivity contribution in [1.29, 1.82) is 0 Å². The van der Waals surface area contributed by atoms with E-state index >= 15 is 0 Å². The number of amides is 2. The van der Waals surface area contributed by atoms with Crippen LogP contribution in [0.3, 0.4) is 0 Å². The molecule has 0 fully saturated rings. The number of hydrogen-bond donors (Lipinski definition) is 1. The fourth-order valence-corrected chi connectivity index (χ4v) is 4.41. The zero-order chi connectivity index (χ0) is 24.6. The van der Waals surface area contributed by atoms with E-state index in [0.29, 0.717) is 23.7 Å². The van der Waals surface area contributed by atoms with Gasteiger partial charge in [0.15, 0.2) is 0 Å². The summed E-state index contributed by atoms with van der Waals surface area (Å²) in [5, 5.41) is 3.10. The summed E-state index contributed by atoms with van der Waals surface area (Å²) in [4.78, 5) is 27.6. The van der Waals surface area contributed by atoms with E-state index in [1.54, 1.807) is 63.4 Å². The second kappa shape index (κ2) is 11.9. The van der Waals surface area contributed by atoms with Gasteiger partial charge in [0, 0.05) is 18.1 Å². The number of hydrogen-bond acceptors (Lipinski definition) is 5. The van der Waals surface area contributed by atoms with Crippen LogP contribution in [-0.2, 0) is 26.2 Å². The van der Waals surface area contributed by atoms with Crippen LogP contribution in [0, 0.1) is 0 Å². The van der Waals surface area contributed by atoms with Crippen molar-refractivity contribution in [3.05, 3.63) is 59.1 Å². The Bertz CT molecular complexity index is 1060. The highest BCUT2D eigenvalue weighted by molar-refractivity contribution is 7.92. The topological polar surface area (TPSA) is 96.0 Å². The van der Waals surface area contributed by atoms with Gasteiger partial charge in [-0.05, 0) is 49.2 Å². The molecule has 0 saturated heterocycles. The maximum atomic E-state index is 13.5. The summed E-state index contributed by atoms with van der Waals surface area (Å²) in [5.41, 5.74) is 1.05. The number of carbonyl (C=O) groups is 2. The Labute approximate surface area is 200 Å². The van der Waals surface area contributed by atoms with E-state index in [0.717, 1.165) is 16.1 Å². The maximum Gasteiger partial charge on any atom is 0.244 e. The van der Waals surface area contributed by atoms with Gasteiger partial charge >= 0.3 is 0 Å². The van der Waals surface area contributed by atoms with Crippen molar-refractivity contribution < 1.29 is 22.7 Å². The lowest BCUT2D eigenvalue weighted by molar-refractivity contribution is -0.140. The van der Waals surface area contributed by atoms with Gasteiger partial charge in [-0.25, -0.2) is 8.42 Å². The molecule has 0 aliphatic carbocycles. The first-order valence-corrected chi connectivity index (χ1v) is 12.8. The lowest BCUT2D eigenvalue weighted by Crippen LogP contribution is -2.52. The van der Waals surface area contributed by atoms with Crippen LogP contribution >= 0.6 is 11.6 Å². The number of rotatable bonds is 11. The number of halogens is 1. The van der Waals surface area contributed by atoms with Gasteiger partial charge in [-0.3, -0.25) is 13.9 Å². The molecule has 0 heterocycles. The average Bonchev–Trinajstić information content (AvgIpc) is 2.77. The summed E-state index contributed by atoms with van der Waals surface area (Å²) >= 11 is 6.04. The molecular weight excluding hydrogens is 466 g/mol. The molecule has 0 aliphatic heterocycles. The Morgan fingerprint density at radius 3 is 2.30 bits per heavy atom. The van der Waals surface area contributed by atoms with E-state index < -0.39 is 28.5 Å². The smallest absolute Gasteiger partial charge is 0.244 e. The van der Waals surface area contributed by atoms with Crippen molar-refractivity contribution in [3.63, 3.8) is 0 Å². The number of nitrogens with zero attached hydrogens (tertiary/aromatic N) is 2.